The minimum Gasteiger partial charge on any atom is -0.348 e. The maximum atomic E-state index is 14.3. The van der Waals surface area contributed by atoms with E-state index in [9.17, 15) is 14.4 Å². The molecule has 4 rings (SSSR count). The molecule has 35 heavy (non-hydrogen) atoms. The van der Waals surface area contributed by atoms with Gasteiger partial charge in [0.05, 0.1) is 34.9 Å². The first-order chi connectivity index (χ1) is 16.9. The van der Waals surface area contributed by atoms with E-state index in [0.29, 0.717) is 31.0 Å². The second kappa shape index (κ2) is 10.3. The van der Waals surface area contributed by atoms with Gasteiger partial charge in [-0.05, 0) is 42.3 Å². The number of nitrogens with zero attached hydrogens (tertiary/aromatic N) is 6. The summed E-state index contributed by atoms with van der Waals surface area (Å²) in [5, 5.41) is 21.0. The Kier molecular flexibility index (Phi) is 7.00. The lowest BCUT2D eigenvalue weighted by Gasteiger charge is -2.29. The van der Waals surface area contributed by atoms with Gasteiger partial charge in [0.1, 0.15) is 5.82 Å². The van der Waals surface area contributed by atoms with Crippen molar-refractivity contribution >= 4 is 11.9 Å². The third-order valence-corrected chi connectivity index (χ3v) is 5.99. The summed E-state index contributed by atoms with van der Waals surface area (Å²) < 4.78 is 14.3. The van der Waals surface area contributed by atoms with Crippen LogP contribution in [0, 0.1) is 28.5 Å². The van der Waals surface area contributed by atoms with E-state index in [0.717, 1.165) is 17.2 Å². The molecule has 3 aromatic rings. The maximum Gasteiger partial charge on any atom is 0.254 e. The Labute approximate surface area is 203 Å². The highest BCUT2D eigenvalue weighted by Crippen LogP contribution is 2.32. The molecule has 2 heterocycles. The minimum atomic E-state index is -0.718. The van der Waals surface area contributed by atoms with E-state index in [1.54, 1.807) is 24.5 Å². The molecule has 0 spiro atoms. The number of anilines is 1. The standard InChI is InChI=1S/C26H24FN7O/c1-33(2)26-30-14-20(15-31-26)24(19-6-3-17(12-28)4-7-19)34-10-9-21(16-34)32-25(35)22-8-5-18(13-29)11-23(22)27/h3-8,11,14-15,21,24H,9-10,16H2,1-2H3,(H,32,35)/t21-,24?/m1/s1. The Morgan fingerprint density at radius 1 is 1.09 bits per heavy atom. The second-order valence-electron chi connectivity index (χ2n) is 8.61. The van der Waals surface area contributed by atoms with Gasteiger partial charge in [-0.1, -0.05) is 12.1 Å². The molecule has 1 N–H and O–H groups in total. The van der Waals surface area contributed by atoms with E-state index >= 15 is 0 Å². The van der Waals surface area contributed by atoms with Crippen molar-refractivity contribution in [2.45, 2.75) is 18.5 Å². The average molecular weight is 470 g/mol. The van der Waals surface area contributed by atoms with Gasteiger partial charge in [-0.25, -0.2) is 14.4 Å². The predicted molar refractivity (Wildman–Crippen MR) is 128 cm³/mol. The number of benzene rings is 2. The number of carbonyl (C=O) groups is 1. The summed E-state index contributed by atoms with van der Waals surface area (Å²) in [6.07, 6.45) is 4.28. The van der Waals surface area contributed by atoms with Gasteiger partial charge in [0.25, 0.3) is 5.91 Å². The fraction of sp³-hybridized carbons (Fsp3) is 0.269. The quantitative estimate of drug-likeness (QED) is 0.591. The Morgan fingerprint density at radius 3 is 2.34 bits per heavy atom. The van der Waals surface area contributed by atoms with Gasteiger partial charge in [-0.2, -0.15) is 10.5 Å². The number of hydrogen-bond donors (Lipinski definition) is 1. The van der Waals surface area contributed by atoms with Gasteiger partial charge in [0.15, 0.2) is 0 Å². The van der Waals surface area contributed by atoms with E-state index in [1.807, 2.05) is 37.2 Å². The number of amides is 1. The fourth-order valence-corrected chi connectivity index (χ4v) is 4.23. The molecule has 0 radical (unpaired) electrons. The fourth-order valence-electron chi connectivity index (χ4n) is 4.23. The van der Waals surface area contributed by atoms with Crippen molar-refractivity contribution in [3.05, 3.63) is 88.5 Å². The van der Waals surface area contributed by atoms with Crippen molar-refractivity contribution in [3.8, 4) is 12.1 Å². The van der Waals surface area contributed by atoms with Crippen molar-refractivity contribution in [3.63, 3.8) is 0 Å². The van der Waals surface area contributed by atoms with Gasteiger partial charge in [0, 0.05) is 51.2 Å². The third kappa shape index (κ3) is 5.26. The smallest absolute Gasteiger partial charge is 0.254 e. The van der Waals surface area contributed by atoms with E-state index in [4.69, 9.17) is 5.26 Å². The van der Waals surface area contributed by atoms with Crippen LogP contribution in [0.4, 0.5) is 10.3 Å². The second-order valence-corrected chi connectivity index (χ2v) is 8.61. The molecule has 0 aliphatic carbocycles. The molecule has 1 saturated heterocycles. The summed E-state index contributed by atoms with van der Waals surface area (Å²) in [5.74, 6) is -0.624. The molecule has 1 aliphatic heterocycles. The molecule has 2 aromatic carbocycles. The van der Waals surface area contributed by atoms with Gasteiger partial charge < -0.3 is 10.2 Å². The van der Waals surface area contributed by atoms with Crippen LogP contribution in [-0.4, -0.2) is 54.0 Å². The highest BCUT2D eigenvalue weighted by Gasteiger charge is 2.32. The molecule has 0 saturated carbocycles. The average Bonchev–Trinajstić information content (AvgIpc) is 3.32. The summed E-state index contributed by atoms with van der Waals surface area (Å²) in [6, 6.07) is 14.9. The van der Waals surface area contributed by atoms with Crippen LogP contribution in [0.15, 0.2) is 54.9 Å². The van der Waals surface area contributed by atoms with Crippen LogP contribution >= 0.6 is 0 Å². The van der Waals surface area contributed by atoms with Crippen LogP contribution < -0.4 is 10.2 Å². The highest BCUT2D eigenvalue weighted by molar-refractivity contribution is 5.94. The van der Waals surface area contributed by atoms with Crippen LogP contribution in [0.5, 0.6) is 0 Å². The Balaban J connectivity index is 1.55. The van der Waals surface area contributed by atoms with Crippen molar-refractivity contribution in [2.75, 3.05) is 32.1 Å². The van der Waals surface area contributed by atoms with Crippen molar-refractivity contribution in [2.24, 2.45) is 0 Å². The number of rotatable bonds is 6. The first-order valence-corrected chi connectivity index (χ1v) is 11.1. The molecule has 176 valence electrons. The lowest BCUT2D eigenvalue weighted by Crippen LogP contribution is -2.38. The molecule has 8 nitrogen and oxygen atoms in total. The van der Waals surface area contributed by atoms with Crippen LogP contribution in [-0.2, 0) is 0 Å². The third-order valence-electron chi connectivity index (χ3n) is 5.99. The summed E-state index contributed by atoms with van der Waals surface area (Å²) in [5.41, 5.74) is 2.53. The largest absolute Gasteiger partial charge is 0.348 e. The molecule has 1 fully saturated rings. The summed E-state index contributed by atoms with van der Waals surface area (Å²) in [4.78, 5) is 25.7. The molecule has 9 heteroatoms. The summed E-state index contributed by atoms with van der Waals surface area (Å²) in [7, 11) is 3.75. The van der Waals surface area contributed by atoms with Gasteiger partial charge in [-0.3, -0.25) is 9.69 Å². The summed E-state index contributed by atoms with van der Waals surface area (Å²) >= 11 is 0. The molecule has 1 aliphatic rings. The number of aromatic nitrogens is 2. The number of likely N-dealkylation sites (tertiary alicyclic amines) is 1. The molecule has 1 unspecified atom stereocenters. The number of carbonyl (C=O) groups excluding carboxylic acids is 1. The SMILES string of the molecule is CN(C)c1ncc(C(c2ccc(C#N)cc2)N2CC[C@@H](NC(=O)c3ccc(C#N)cc3F)C2)cn1. The zero-order valence-corrected chi connectivity index (χ0v) is 19.4. The lowest BCUT2D eigenvalue weighted by molar-refractivity contribution is 0.0933. The van der Waals surface area contributed by atoms with Crippen LogP contribution in [0.3, 0.4) is 0 Å². The van der Waals surface area contributed by atoms with E-state index < -0.39 is 11.7 Å². The molecule has 1 amide bonds. The minimum absolute atomic E-state index is 0.0845. The molecule has 2 atom stereocenters. The number of nitrogens with one attached hydrogen (secondary N) is 1. The maximum absolute atomic E-state index is 14.3. The number of nitriles is 2. The normalized spacial score (nSPS) is 16.2. The number of hydrogen-bond acceptors (Lipinski definition) is 7. The Morgan fingerprint density at radius 2 is 1.74 bits per heavy atom. The number of halogens is 1. The zero-order chi connectivity index (χ0) is 24.9. The van der Waals surface area contributed by atoms with Gasteiger partial charge in [0.2, 0.25) is 5.95 Å². The van der Waals surface area contributed by atoms with Gasteiger partial charge in [-0.15, -0.1) is 0 Å². The molecular formula is C26H24FN7O. The first kappa shape index (κ1) is 23.8. The van der Waals surface area contributed by atoms with Crippen molar-refractivity contribution < 1.29 is 9.18 Å². The summed E-state index contributed by atoms with van der Waals surface area (Å²) in [6.45, 7) is 1.24. The molecule has 1 aromatic heterocycles. The Hall–Kier alpha value is -4.34. The highest BCUT2D eigenvalue weighted by atomic mass is 19.1. The lowest BCUT2D eigenvalue weighted by atomic mass is 9.98. The monoisotopic (exact) mass is 469 g/mol. The molecule has 0 bridgehead atoms. The van der Waals surface area contributed by atoms with E-state index in [1.165, 1.54) is 12.1 Å². The predicted octanol–water partition coefficient (Wildman–Crippen LogP) is 3.02. The van der Waals surface area contributed by atoms with Crippen molar-refractivity contribution in [1.82, 2.24) is 20.2 Å². The van der Waals surface area contributed by atoms with E-state index in [-0.39, 0.29) is 23.2 Å². The molecular weight excluding hydrogens is 445 g/mol. The van der Waals surface area contributed by atoms with Gasteiger partial charge >= 0.3 is 0 Å². The van der Waals surface area contributed by atoms with Crippen LogP contribution in [0.25, 0.3) is 0 Å². The van der Waals surface area contributed by atoms with E-state index in [2.05, 4.69) is 26.3 Å². The Bertz CT molecular complexity index is 1290. The van der Waals surface area contributed by atoms with Crippen molar-refractivity contribution in [1.29, 1.82) is 10.5 Å². The van der Waals surface area contributed by atoms with Crippen LogP contribution in [0.2, 0.25) is 0 Å². The van der Waals surface area contributed by atoms with Crippen LogP contribution in [0.1, 0.15) is 45.1 Å². The first-order valence-electron chi connectivity index (χ1n) is 11.1. The topological polar surface area (TPSA) is 109 Å². The zero-order valence-electron chi connectivity index (χ0n) is 19.4.